The smallest absolute Gasteiger partial charge is 0.334 e. The summed E-state index contributed by atoms with van der Waals surface area (Å²) in [6.45, 7) is -0.446. The number of hydrogen-bond donors (Lipinski definition) is 3. The second kappa shape index (κ2) is 5.81. The number of aliphatic hydroxyl groups excluding tert-OH is 1. The van der Waals surface area contributed by atoms with Crippen LogP contribution >= 0.6 is 23.2 Å². The van der Waals surface area contributed by atoms with E-state index in [9.17, 15) is 9.59 Å². The lowest BCUT2D eigenvalue weighted by Gasteiger charge is -2.08. The van der Waals surface area contributed by atoms with E-state index in [1.807, 2.05) is 0 Å². The summed E-state index contributed by atoms with van der Waals surface area (Å²) in [4.78, 5) is 25.5. The molecule has 0 aliphatic carbocycles. The molecule has 6 nitrogen and oxygen atoms in total. The van der Waals surface area contributed by atoms with Gasteiger partial charge in [0, 0.05) is 0 Å². The third-order valence-electron chi connectivity index (χ3n) is 1.77. The van der Waals surface area contributed by atoms with Gasteiger partial charge in [0.1, 0.15) is 10.8 Å². The van der Waals surface area contributed by atoms with Gasteiger partial charge in [0.15, 0.2) is 6.10 Å². The van der Waals surface area contributed by atoms with Crippen molar-refractivity contribution < 1.29 is 19.8 Å². The maximum absolute atomic E-state index is 11.5. The minimum Gasteiger partial charge on any atom is -0.479 e. The van der Waals surface area contributed by atoms with Crippen molar-refractivity contribution in [3.8, 4) is 0 Å². The number of hydrogen-bond acceptors (Lipinski definition) is 4. The number of carboxylic acid groups (broad SMARTS) is 1. The predicted molar refractivity (Wildman–Crippen MR) is 60.2 cm³/mol. The molecule has 0 radical (unpaired) electrons. The molecule has 1 heterocycles. The Morgan fingerprint density at radius 1 is 1.41 bits per heavy atom. The molecule has 0 bridgehead atoms. The molecule has 1 unspecified atom stereocenters. The molecule has 8 heteroatoms. The highest BCUT2D eigenvalue weighted by Gasteiger charge is 2.17. The Kier molecular flexibility index (Phi) is 4.68. The fraction of sp³-hybridized carbons (Fsp3) is 0.222. The molecule has 0 saturated carbocycles. The number of aliphatic hydroxyl groups is 1. The van der Waals surface area contributed by atoms with Gasteiger partial charge in [0.25, 0.3) is 5.91 Å². The van der Waals surface area contributed by atoms with Crippen LogP contribution in [0.25, 0.3) is 0 Å². The highest BCUT2D eigenvalue weighted by molar-refractivity contribution is 6.34. The van der Waals surface area contributed by atoms with Gasteiger partial charge >= 0.3 is 5.97 Å². The predicted octanol–water partition coefficient (Wildman–Crippen LogP) is 0.564. The van der Waals surface area contributed by atoms with E-state index < -0.39 is 24.5 Å². The minimum atomic E-state index is -1.68. The number of amides is 1. The number of carbonyl (C=O) groups excluding carboxylic acids is 1. The van der Waals surface area contributed by atoms with Gasteiger partial charge in [-0.2, -0.15) is 0 Å². The van der Waals surface area contributed by atoms with Crippen molar-refractivity contribution in [2.45, 2.75) is 6.10 Å². The van der Waals surface area contributed by atoms with Crippen LogP contribution in [0.2, 0.25) is 10.2 Å². The number of carboxylic acids is 1. The van der Waals surface area contributed by atoms with Gasteiger partial charge in [-0.3, -0.25) is 4.79 Å². The maximum Gasteiger partial charge on any atom is 0.334 e. The molecule has 17 heavy (non-hydrogen) atoms. The van der Waals surface area contributed by atoms with Gasteiger partial charge in [-0.15, -0.1) is 0 Å². The molecule has 0 fully saturated rings. The number of nitrogens with zero attached hydrogens (tertiary/aromatic N) is 1. The summed E-state index contributed by atoms with van der Waals surface area (Å²) in [5.74, 6) is -2.15. The van der Waals surface area contributed by atoms with Crippen LogP contribution in [0.15, 0.2) is 12.1 Å². The molecule has 1 amide bonds. The summed E-state index contributed by atoms with van der Waals surface area (Å²) in [6, 6.07) is 2.80. The summed E-state index contributed by atoms with van der Waals surface area (Å²) < 4.78 is 0. The maximum atomic E-state index is 11.5. The number of nitrogens with one attached hydrogen (secondary N) is 1. The molecule has 1 atom stereocenters. The van der Waals surface area contributed by atoms with Gasteiger partial charge in [0.05, 0.1) is 11.6 Å². The van der Waals surface area contributed by atoms with E-state index >= 15 is 0 Å². The first kappa shape index (κ1) is 13.7. The number of aliphatic carboxylic acids is 1. The van der Waals surface area contributed by atoms with Gasteiger partial charge in [-0.05, 0) is 12.1 Å². The van der Waals surface area contributed by atoms with Crippen LogP contribution < -0.4 is 5.32 Å². The normalized spacial score (nSPS) is 11.9. The van der Waals surface area contributed by atoms with E-state index in [1.165, 1.54) is 12.1 Å². The van der Waals surface area contributed by atoms with Crippen LogP contribution in [0.3, 0.4) is 0 Å². The van der Waals surface area contributed by atoms with Crippen molar-refractivity contribution in [3.63, 3.8) is 0 Å². The van der Waals surface area contributed by atoms with Crippen LogP contribution in [0.1, 0.15) is 10.5 Å². The van der Waals surface area contributed by atoms with E-state index in [0.29, 0.717) is 0 Å². The van der Waals surface area contributed by atoms with Gasteiger partial charge in [0.2, 0.25) is 0 Å². The second-order valence-corrected chi connectivity index (χ2v) is 3.82. The molecule has 0 aliphatic rings. The number of carbonyl (C=O) groups is 2. The van der Waals surface area contributed by atoms with E-state index in [0.717, 1.165) is 0 Å². The molecular weight excluding hydrogens is 271 g/mol. The van der Waals surface area contributed by atoms with E-state index in [2.05, 4.69) is 10.3 Å². The molecule has 1 rings (SSSR count). The highest BCUT2D eigenvalue weighted by Crippen LogP contribution is 2.16. The molecule has 1 aromatic rings. The average Bonchev–Trinajstić information content (AvgIpc) is 2.28. The Labute approximate surface area is 106 Å². The lowest BCUT2D eigenvalue weighted by molar-refractivity contribution is -0.146. The van der Waals surface area contributed by atoms with Gasteiger partial charge < -0.3 is 15.5 Å². The Hall–Kier alpha value is -1.37. The quantitative estimate of drug-likeness (QED) is 0.699. The van der Waals surface area contributed by atoms with Crippen LogP contribution in [-0.4, -0.2) is 39.7 Å². The third kappa shape index (κ3) is 3.85. The Morgan fingerprint density at radius 2 is 2.06 bits per heavy atom. The van der Waals surface area contributed by atoms with Crippen LogP contribution in [0, 0.1) is 0 Å². The highest BCUT2D eigenvalue weighted by atomic mass is 35.5. The summed E-state index contributed by atoms with van der Waals surface area (Å²) >= 11 is 11.3. The van der Waals surface area contributed by atoms with Crippen molar-refractivity contribution in [3.05, 3.63) is 28.0 Å². The summed E-state index contributed by atoms with van der Waals surface area (Å²) in [5.41, 5.74) is -0.128. The van der Waals surface area contributed by atoms with Gasteiger partial charge in [-0.1, -0.05) is 23.2 Å². The zero-order chi connectivity index (χ0) is 13.0. The number of pyridine rings is 1. The van der Waals surface area contributed by atoms with Crippen molar-refractivity contribution >= 4 is 35.1 Å². The van der Waals surface area contributed by atoms with E-state index in [4.69, 9.17) is 33.4 Å². The van der Waals surface area contributed by atoms with Crippen LogP contribution in [0.4, 0.5) is 0 Å². The molecule has 3 N–H and O–H groups in total. The number of aromatic nitrogens is 1. The summed E-state index contributed by atoms with van der Waals surface area (Å²) in [7, 11) is 0. The fourth-order valence-corrected chi connectivity index (χ4v) is 1.28. The standard InChI is InChI=1S/C9H8Cl2N2O4/c10-4-1-2-6(11)13-7(4)8(15)12-3-5(14)9(16)17/h1-2,5,14H,3H2,(H,12,15)(H,16,17). The van der Waals surface area contributed by atoms with Crippen LogP contribution in [-0.2, 0) is 4.79 Å². The number of rotatable bonds is 4. The summed E-state index contributed by atoms with van der Waals surface area (Å²) in [6.07, 6.45) is -1.68. The van der Waals surface area contributed by atoms with Crippen molar-refractivity contribution in [2.24, 2.45) is 0 Å². The molecule has 0 aromatic carbocycles. The molecule has 0 spiro atoms. The van der Waals surface area contributed by atoms with Gasteiger partial charge in [-0.25, -0.2) is 9.78 Å². The second-order valence-electron chi connectivity index (χ2n) is 3.03. The largest absolute Gasteiger partial charge is 0.479 e. The van der Waals surface area contributed by atoms with E-state index in [1.54, 1.807) is 0 Å². The topological polar surface area (TPSA) is 99.5 Å². The monoisotopic (exact) mass is 278 g/mol. The molecule has 0 aliphatic heterocycles. The minimum absolute atomic E-state index is 0.0803. The zero-order valence-corrected chi connectivity index (χ0v) is 9.87. The van der Waals surface area contributed by atoms with E-state index in [-0.39, 0.29) is 15.9 Å². The average molecular weight is 279 g/mol. The van der Waals surface area contributed by atoms with Crippen molar-refractivity contribution in [1.82, 2.24) is 10.3 Å². The molecule has 0 saturated heterocycles. The molecular formula is C9H8Cl2N2O4. The van der Waals surface area contributed by atoms with Crippen LogP contribution in [0.5, 0.6) is 0 Å². The lowest BCUT2D eigenvalue weighted by atomic mass is 10.3. The first-order chi connectivity index (χ1) is 7.91. The van der Waals surface area contributed by atoms with Crippen molar-refractivity contribution in [1.29, 1.82) is 0 Å². The third-order valence-corrected chi connectivity index (χ3v) is 2.28. The lowest BCUT2D eigenvalue weighted by Crippen LogP contribution is -2.36. The number of halogens is 2. The van der Waals surface area contributed by atoms with Crippen molar-refractivity contribution in [2.75, 3.05) is 6.54 Å². The zero-order valence-electron chi connectivity index (χ0n) is 8.35. The Morgan fingerprint density at radius 3 is 2.65 bits per heavy atom. The first-order valence-corrected chi connectivity index (χ1v) is 5.18. The Balaban J connectivity index is 2.70. The SMILES string of the molecule is O=C(NCC(O)C(=O)O)c1nc(Cl)ccc1Cl. The first-order valence-electron chi connectivity index (χ1n) is 4.43. The fourth-order valence-electron chi connectivity index (χ4n) is 0.938. The molecule has 92 valence electrons. The molecule has 1 aromatic heterocycles. The Bertz CT molecular complexity index is 453. The summed E-state index contributed by atoms with van der Waals surface area (Å²) in [5, 5.41) is 19.7.